The Morgan fingerprint density at radius 1 is 1.16 bits per heavy atom. The first-order chi connectivity index (χ1) is 9.42. The number of nitrogens with zero attached hydrogens (tertiary/aromatic N) is 4. The molecular formula is C14H9N4S+. The Labute approximate surface area is 112 Å². The van der Waals surface area contributed by atoms with E-state index in [1.165, 1.54) is 16.1 Å². The second-order valence-electron chi connectivity index (χ2n) is 4.68. The van der Waals surface area contributed by atoms with Gasteiger partial charge < -0.3 is 0 Å². The molecule has 0 N–H and O–H groups in total. The monoisotopic (exact) mass is 265 g/mol. The zero-order chi connectivity index (χ0) is 12.4. The van der Waals surface area contributed by atoms with Gasteiger partial charge in [-0.3, -0.25) is 0 Å². The summed E-state index contributed by atoms with van der Waals surface area (Å²) < 4.78 is 4.25. The summed E-state index contributed by atoms with van der Waals surface area (Å²) in [5.74, 6) is 0. The normalized spacial score (nSPS) is 13.1. The van der Waals surface area contributed by atoms with E-state index in [4.69, 9.17) is 0 Å². The Bertz CT molecular complexity index is 951. The van der Waals surface area contributed by atoms with E-state index in [0.29, 0.717) is 0 Å². The topological polar surface area (TPSA) is 34.1 Å². The summed E-state index contributed by atoms with van der Waals surface area (Å²) in [7, 11) is 0. The largest absolute Gasteiger partial charge is 0.347 e. The van der Waals surface area contributed by atoms with E-state index in [1.54, 1.807) is 17.5 Å². The Kier molecular flexibility index (Phi) is 1.62. The first-order valence-electron chi connectivity index (χ1n) is 6.16. The Morgan fingerprint density at radius 3 is 3.11 bits per heavy atom. The van der Waals surface area contributed by atoms with E-state index in [0.717, 1.165) is 22.7 Å². The quantitative estimate of drug-likeness (QED) is 0.402. The van der Waals surface area contributed by atoms with Crippen LogP contribution in [0.25, 0.3) is 26.7 Å². The van der Waals surface area contributed by atoms with E-state index in [9.17, 15) is 0 Å². The molecule has 4 aromatic rings. The maximum Gasteiger partial charge on any atom is 0.347 e. The third kappa shape index (κ3) is 1.11. The number of rotatable bonds is 0. The smallest absolute Gasteiger partial charge is 0.209 e. The fourth-order valence-electron chi connectivity index (χ4n) is 2.78. The maximum absolute atomic E-state index is 4.65. The van der Waals surface area contributed by atoms with Crippen LogP contribution in [0.15, 0.2) is 42.6 Å². The van der Waals surface area contributed by atoms with Crippen molar-refractivity contribution in [3.8, 4) is 10.6 Å². The van der Waals surface area contributed by atoms with Gasteiger partial charge in [-0.2, -0.15) is 4.98 Å². The number of benzene rings is 1. The molecule has 0 unspecified atom stereocenters. The number of hydrogen-bond acceptors (Lipinski definition) is 3. The van der Waals surface area contributed by atoms with Gasteiger partial charge in [0.05, 0.1) is 6.20 Å². The van der Waals surface area contributed by atoms with Crippen LogP contribution in [-0.4, -0.2) is 14.6 Å². The van der Waals surface area contributed by atoms with Crippen LogP contribution in [0.3, 0.4) is 0 Å². The van der Waals surface area contributed by atoms with Crippen LogP contribution in [0, 0.1) is 0 Å². The van der Waals surface area contributed by atoms with Gasteiger partial charge in [0.1, 0.15) is 6.54 Å². The minimum absolute atomic E-state index is 0.912. The van der Waals surface area contributed by atoms with Crippen LogP contribution in [-0.2, 0) is 6.54 Å². The van der Waals surface area contributed by atoms with Gasteiger partial charge in [-0.15, -0.1) is 0 Å². The van der Waals surface area contributed by atoms with Crippen molar-refractivity contribution < 1.29 is 4.57 Å². The molecule has 4 heterocycles. The fourth-order valence-corrected chi connectivity index (χ4v) is 3.96. The number of fused-ring (bicyclic) bond motifs is 7. The molecule has 3 aromatic heterocycles. The van der Waals surface area contributed by atoms with Gasteiger partial charge in [-0.25, -0.2) is 4.57 Å². The molecule has 0 atom stereocenters. The van der Waals surface area contributed by atoms with Crippen LogP contribution in [0.4, 0.5) is 0 Å². The van der Waals surface area contributed by atoms with Crippen molar-refractivity contribution >= 4 is 27.5 Å². The third-order valence-electron chi connectivity index (χ3n) is 3.61. The summed E-state index contributed by atoms with van der Waals surface area (Å²) in [6.07, 6.45) is 1.81. The summed E-state index contributed by atoms with van der Waals surface area (Å²) in [5, 5.41) is 5.71. The zero-order valence-corrected chi connectivity index (χ0v) is 10.8. The number of imidazole rings is 1. The van der Waals surface area contributed by atoms with Crippen molar-refractivity contribution in [3.63, 3.8) is 0 Å². The van der Waals surface area contributed by atoms with E-state index < -0.39 is 0 Å². The van der Waals surface area contributed by atoms with E-state index in [1.807, 2.05) is 16.6 Å². The van der Waals surface area contributed by atoms with E-state index in [-0.39, 0.29) is 0 Å². The van der Waals surface area contributed by atoms with Crippen LogP contribution >= 0.6 is 11.3 Å². The van der Waals surface area contributed by atoms with Gasteiger partial charge in [0, 0.05) is 17.2 Å². The first-order valence-corrected chi connectivity index (χ1v) is 6.98. The second kappa shape index (κ2) is 3.19. The Morgan fingerprint density at radius 2 is 2.11 bits per heavy atom. The van der Waals surface area contributed by atoms with Crippen LogP contribution in [0.5, 0.6) is 0 Å². The number of hydrogen-bond donors (Lipinski definition) is 0. The molecule has 90 valence electrons. The molecule has 5 rings (SSSR count). The van der Waals surface area contributed by atoms with Gasteiger partial charge in [-0.1, -0.05) is 39.1 Å². The van der Waals surface area contributed by atoms with Crippen molar-refractivity contribution in [1.82, 2.24) is 14.6 Å². The molecule has 0 fully saturated rings. The van der Waals surface area contributed by atoms with Crippen molar-refractivity contribution in [1.29, 1.82) is 0 Å². The summed E-state index contributed by atoms with van der Waals surface area (Å²) in [6, 6.07) is 12.5. The molecule has 0 aliphatic carbocycles. The minimum Gasteiger partial charge on any atom is -0.209 e. The SMILES string of the molecule is c1ccc2c(c1)C[n+]1c-2sc2nc3cccnn3c21. The molecule has 0 radical (unpaired) electrons. The highest BCUT2D eigenvalue weighted by Crippen LogP contribution is 2.34. The van der Waals surface area contributed by atoms with Gasteiger partial charge in [0.25, 0.3) is 0 Å². The first kappa shape index (κ1) is 9.63. The molecule has 1 aromatic carbocycles. The van der Waals surface area contributed by atoms with Gasteiger partial charge in [-0.05, 0) is 12.1 Å². The fraction of sp³-hybridized carbons (Fsp3) is 0.0714. The summed E-state index contributed by atoms with van der Waals surface area (Å²) in [4.78, 5) is 5.71. The molecule has 0 spiro atoms. The zero-order valence-electron chi connectivity index (χ0n) is 9.95. The van der Waals surface area contributed by atoms with E-state index >= 15 is 0 Å². The Hall–Kier alpha value is -2.27. The third-order valence-corrected chi connectivity index (χ3v) is 4.71. The summed E-state index contributed by atoms with van der Waals surface area (Å²) in [6.45, 7) is 0.913. The predicted molar refractivity (Wildman–Crippen MR) is 73.1 cm³/mol. The molecule has 1 aliphatic heterocycles. The lowest BCUT2D eigenvalue weighted by Gasteiger charge is -1.91. The molecule has 4 nitrogen and oxygen atoms in total. The second-order valence-corrected chi connectivity index (χ2v) is 5.66. The van der Waals surface area contributed by atoms with Crippen LogP contribution < -0.4 is 4.57 Å². The average Bonchev–Trinajstić information content (AvgIpc) is 3.05. The maximum atomic E-state index is 4.65. The lowest BCUT2D eigenvalue weighted by atomic mass is 10.1. The predicted octanol–water partition coefficient (Wildman–Crippen LogP) is 2.26. The van der Waals surface area contributed by atoms with Crippen LogP contribution in [0.2, 0.25) is 0 Å². The van der Waals surface area contributed by atoms with Gasteiger partial charge in [0.2, 0.25) is 10.5 Å². The highest BCUT2D eigenvalue weighted by molar-refractivity contribution is 7.20. The molecule has 5 heteroatoms. The van der Waals surface area contributed by atoms with Crippen LogP contribution in [0.1, 0.15) is 5.56 Å². The summed E-state index contributed by atoms with van der Waals surface area (Å²) >= 11 is 1.75. The summed E-state index contributed by atoms with van der Waals surface area (Å²) in [5.41, 5.74) is 4.72. The number of thiazole rings is 1. The molecule has 19 heavy (non-hydrogen) atoms. The highest BCUT2D eigenvalue weighted by atomic mass is 32.1. The average molecular weight is 265 g/mol. The minimum atomic E-state index is 0.912. The van der Waals surface area contributed by atoms with E-state index in [2.05, 4.69) is 38.9 Å². The molecule has 0 bridgehead atoms. The van der Waals surface area contributed by atoms with Crippen molar-refractivity contribution in [2.24, 2.45) is 0 Å². The molecule has 1 aliphatic rings. The standard InChI is InChI=1S/C14H9N4S/c1-2-5-10-9(4-1)8-17-13-12(19-14(10)17)16-11-6-3-7-15-18(11)13/h1-7H,8H2/q+1. The Balaban J connectivity index is 1.94. The van der Waals surface area contributed by atoms with Gasteiger partial charge in [0.15, 0.2) is 5.01 Å². The number of aromatic nitrogens is 4. The highest BCUT2D eigenvalue weighted by Gasteiger charge is 2.31. The lowest BCUT2D eigenvalue weighted by Crippen LogP contribution is -2.31. The van der Waals surface area contributed by atoms with Crippen molar-refractivity contribution in [2.45, 2.75) is 6.54 Å². The molecular weight excluding hydrogens is 256 g/mol. The van der Waals surface area contributed by atoms with Crippen molar-refractivity contribution in [3.05, 3.63) is 48.2 Å². The lowest BCUT2D eigenvalue weighted by molar-refractivity contribution is -0.644. The molecule has 0 amide bonds. The molecule has 0 saturated carbocycles. The molecule has 0 saturated heterocycles. The van der Waals surface area contributed by atoms with Crippen molar-refractivity contribution in [2.75, 3.05) is 0 Å². The van der Waals surface area contributed by atoms with Gasteiger partial charge >= 0.3 is 5.65 Å².